The molecule has 0 bridgehead atoms. The largest absolute Gasteiger partial charge is 0.267 e. The quantitative estimate of drug-likeness (QED) is 0.265. The molecule has 58 valence electrons. The van der Waals surface area contributed by atoms with Gasteiger partial charge < -0.3 is 0 Å². The highest BCUT2D eigenvalue weighted by Crippen LogP contribution is 1.97. The van der Waals surface area contributed by atoms with Crippen molar-refractivity contribution in [2.24, 2.45) is 0 Å². The van der Waals surface area contributed by atoms with E-state index in [0.29, 0.717) is 6.61 Å². The van der Waals surface area contributed by atoms with E-state index in [0.717, 1.165) is 6.42 Å². The van der Waals surface area contributed by atoms with Gasteiger partial charge in [0.25, 0.3) is 0 Å². The number of hydroxylamine groups is 1. The summed E-state index contributed by atoms with van der Waals surface area (Å²) in [6.45, 7) is 2.79. The van der Waals surface area contributed by atoms with Crippen LogP contribution in [-0.2, 0) is 4.84 Å². The van der Waals surface area contributed by atoms with Crippen LogP contribution < -0.4 is 5.48 Å². The van der Waals surface area contributed by atoms with Crippen molar-refractivity contribution in [1.82, 2.24) is 5.48 Å². The molecule has 0 aliphatic rings. The number of nitriles is 1. The highest BCUT2D eigenvalue weighted by molar-refractivity contribution is 4.53. The second kappa shape index (κ2) is 8.25. The molecule has 0 heterocycles. The molecular formula is C7H14N2O. The van der Waals surface area contributed by atoms with Crippen molar-refractivity contribution in [3.05, 3.63) is 0 Å². The predicted molar refractivity (Wildman–Crippen MR) is 38.8 cm³/mol. The summed E-state index contributed by atoms with van der Waals surface area (Å²) in [5, 5.41) is 7.98. The molecule has 0 atom stereocenters. The van der Waals surface area contributed by atoms with Gasteiger partial charge in [0.1, 0.15) is 0 Å². The minimum absolute atomic E-state index is 0.633. The van der Waals surface area contributed by atoms with E-state index in [-0.39, 0.29) is 0 Å². The summed E-state index contributed by atoms with van der Waals surface area (Å²) in [6, 6.07) is 0. The summed E-state index contributed by atoms with van der Waals surface area (Å²) >= 11 is 0. The zero-order valence-corrected chi connectivity index (χ0v) is 6.39. The Kier molecular flexibility index (Phi) is 7.63. The third-order valence-electron chi connectivity index (χ3n) is 1.22. The molecule has 1 N–H and O–H groups in total. The van der Waals surface area contributed by atoms with Gasteiger partial charge in [-0.2, -0.15) is 5.26 Å². The average molecular weight is 142 g/mol. The maximum atomic E-state index is 7.98. The summed E-state index contributed by atoms with van der Waals surface area (Å²) in [5.41, 5.74) is 2.13. The Balaban J connectivity index is 2.72. The molecule has 0 amide bonds. The zero-order valence-electron chi connectivity index (χ0n) is 6.39. The number of nitrogens with zero attached hydrogens (tertiary/aromatic N) is 1. The normalized spacial score (nSPS) is 8.80. The Labute approximate surface area is 61.9 Å². The van der Waals surface area contributed by atoms with Gasteiger partial charge in [-0.25, -0.2) is 5.48 Å². The number of hydrogen-bond acceptors (Lipinski definition) is 3. The van der Waals surface area contributed by atoms with Gasteiger partial charge in [-0.05, 0) is 6.42 Å². The topological polar surface area (TPSA) is 45.0 Å². The summed E-state index contributed by atoms with van der Waals surface area (Å²) in [5.74, 6) is 0. The summed E-state index contributed by atoms with van der Waals surface area (Å²) in [4.78, 5) is 4.72. The van der Waals surface area contributed by atoms with E-state index in [1.807, 2.05) is 0 Å². The van der Waals surface area contributed by atoms with Gasteiger partial charge in [-0.15, -0.1) is 0 Å². The van der Waals surface area contributed by atoms with Crippen LogP contribution in [0.3, 0.4) is 0 Å². The Morgan fingerprint density at radius 2 is 2.20 bits per heavy atom. The van der Waals surface area contributed by atoms with Gasteiger partial charge in [-0.3, -0.25) is 4.84 Å². The first-order valence-electron chi connectivity index (χ1n) is 3.67. The highest BCUT2D eigenvalue weighted by Gasteiger charge is 1.86. The van der Waals surface area contributed by atoms with Crippen LogP contribution in [0.25, 0.3) is 0 Å². The van der Waals surface area contributed by atoms with E-state index < -0.39 is 0 Å². The van der Waals surface area contributed by atoms with Gasteiger partial charge in [0.05, 0.1) is 6.61 Å². The first-order chi connectivity index (χ1) is 4.91. The van der Waals surface area contributed by atoms with Crippen molar-refractivity contribution in [2.75, 3.05) is 6.61 Å². The third-order valence-corrected chi connectivity index (χ3v) is 1.22. The van der Waals surface area contributed by atoms with E-state index in [2.05, 4.69) is 12.4 Å². The molecule has 0 aliphatic heterocycles. The van der Waals surface area contributed by atoms with Crippen molar-refractivity contribution in [2.45, 2.75) is 32.6 Å². The number of rotatable bonds is 6. The van der Waals surface area contributed by atoms with Crippen LogP contribution in [0.2, 0.25) is 0 Å². The highest BCUT2D eigenvalue weighted by atomic mass is 16.6. The maximum absolute atomic E-state index is 7.98. The smallest absolute Gasteiger partial charge is 0.202 e. The molecule has 0 saturated heterocycles. The van der Waals surface area contributed by atoms with Gasteiger partial charge in [0.15, 0.2) is 0 Å². The molecule has 3 heteroatoms. The fraction of sp³-hybridized carbons (Fsp3) is 0.857. The number of unbranched alkanes of at least 4 members (excludes halogenated alkanes) is 3. The molecule has 0 aromatic rings. The predicted octanol–water partition coefficient (Wildman–Crippen LogP) is 1.57. The zero-order chi connectivity index (χ0) is 7.66. The minimum Gasteiger partial charge on any atom is -0.267 e. The Hall–Kier alpha value is -0.750. The van der Waals surface area contributed by atoms with Crippen molar-refractivity contribution in [3.8, 4) is 6.19 Å². The van der Waals surface area contributed by atoms with Crippen LogP contribution >= 0.6 is 0 Å². The molecule has 0 aromatic heterocycles. The lowest BCUT2D eigenvalue weighted by Gasteiger charge is -1.97. The van der Waals surface area contributed by atoms with Gasteiger partial charge in [-0.1, -0.05) is 26.2 Å². The fourth-order valence-corrected chi connectivity index (χ4v) is 0.684. The van der Waals surface area contributed by atoms with Crippen LogP contribution in [0.15, 0.2) is 0 Å². The van der Waals surface area contributed by atoms with E-state index in [1.54, 1.807) is 6.19 Å². The van der Waals surface area contributed by atoms with Crippen LogP contribution in [-0.4, -0.2) is 6.61 Å². The maximum Gasteiger partial charge on any atom is 0.202 e. The molecular weight excluding hydrogens is 128 g/mol. The SMILES string of the molecule is CCCCCCONC#N. The molecule has 0 aromatic carbocycles. The Bertz CT molecular complexity index is 98.3. The lowest BCUT2D eigenvalue weighted by molar-refractivity contribution is 0.0734. The molecule has 3 nitrogen and oxygen atoms in total. The molecule has 0 fully saturated rings. The summed E-state index contributed by atoms with van der Waals surface area (Å²) < 4.78 is 0. The van der Waals surface area contributed by atoms with E-state index >= 15 is 0 Å². The van der Waals surface area contributed by atoms with Crippen LogP contribution in [0.1, 0.15) is 32.6 Å². The van der Waals surface area contributed by atoms with Gasteiger partial charge >= 0.3 is 0 Å². The van der Waals surface area contributed by atoms with E-state index in [1.165, 1.54) is 19.3 Å². The van der Waals surface area contributed by atoms with Crippen molar-refractivity contribution in [1.29, 1.82) is 5.26 Å². The van der Waals surface area contributed by atoms with Crippen LogP contribution in [0.4, 0.5) is 0 Å². The monoisotopic (exact) mass is 142 g/mol. The number of nitrogens with one attached hydrogen (secondary N) is 1. The third kappa shape index (κ3) is 7.25. The van der Waals surface area contributed by atoms with Gasteiger partial charge in [0, 0.05) is 0 Å². The fourth-order valence-electron chi connectivity index (χ4n) is 0.684. The molecule has 0 saturated carbocycles. The van der Waals surface area contributed by atoms with Crippen LogP contribution in [0.5, 0.6) is 0 Å². The lowest BCUT2D eigenvalue weighted by Crippen LogP contribution is -2.07. The van der Waals surface area contributed by atoms with Crippen LogP contribution in [0, 0.1) is 11.5 Å². The lowest BCUT2D eigenvalue weighted by atomic mass is 10.2. The average Bonchev–Trinajstić information content (AvgIpc) is 1.97. The Morgan fingerprint density at radius 1 is 1.40 bits per heavy atom. The number of hydrogen-bond donors (Lipinski definition) is 1. The van der Waals surface area contributed by atoms with Crippen molar-refractivity contribution in [3.63, 3.8) is 0 Å². The molecule has 0 aliphatic carbocycles. The van der Waals surface area contributed by atoms with Crippen molar-refractivity contribution < 1.29 is 4.84 Å². The first-order valence-corrected chi connectivity index (χ1v) is 3.67. The molecule has 0 rings (SSSR count). The summed E-state index contributed by atoms with van der Waals surface area (Å²) in [6.07, 6.45) is 6.37. The van der Waals surface area contributed by atoms with E-state index in [9.17, 15) is 0 Å². The van der Waals surface area contributed by atoms with E-state index in [4.69, 9.17) is 10.1 Å². The summed E-state index contributed by atoms with van der Waals surface area (Å²) in [7, 11) is 0. The first kappa shape index (κ1) is 9.25. The molecule has 0 spiro atoms. The second-order valence-electron chi connectivity index (χ2n) is 2.12. The molecule has 10 heavy (non-hydrogen) atoms. The Morgan fingerprint density at radius 3 is 2.80 bits per heavy atom. The van der Waals surface area contributed by atoms with Gasteiger partial charge in [0.2, 0.25) is 6.19 Å². The van der Waals surface area contributed by atoms with Crippen molar-refractivity contribution >= 4 is 0 Å². The second-order valence-corrected chi connectivity index (χ2v) is 2.12. The standard InChI is InChI=1S/C7H14N2O/c1-2-3-4-5-6-10-9-7-8/h9H,2-6H2,1H3. The molecule has 0 unspecified atom stereocenters. The molecule has 0 radical (unpaired) electrons. The minimum atomic E-state index is 0.633.